The monoisotopic (exact) mass is 392 g/mol. The second-order valence-electron chi connectivity index (χ2n) is 7.05. The third kappa shape index (κ3) is 4.06. The van der Waals surface area contributed by atoms with Gasteiger partial charge in [0, 0.05) is 38.2 Å². The molecule has 2 atom stereocenters. The van der Waals surface area contributed by atoms with E-state index in [1.165, 1.54) is 4.90 Å². The predicted molar refractivity (Wildman–Crippen MR) is 96.2 cm³/mol. The number of fused-ring (bicyclic) bond motifs is 1. The molecule has 9 nitrogen and oxygen atoms in total. The maximum absolute atomic E-state index is 12.9. The molecule has 1 aromatic carbocycles. The number of nitrogens with zero attached hydrogens (tertiary/aromatic N) is 2. The molecular weight excluding hydrogens is 368 g/mol. The first-order valence-electron chi connectivity index (χ1n) is 9.47. The molecule has 1 aromatic rings. The van der Waals surface area contributed by atoms with Crippen molar-refractivity contribution in [1.29, 1.82) is 0 Å². The molecule has 152 valence electrons. The second-order valence-corrected chi connectivity index (χ2v) is 7.05. The van der Waals surface area contributed by atoms with Gasteiger partial charge in [-0.1, -0.05) is 0 Å². The number of amides is 1. The number of carbonyl (C=O) groups excluding carboxylic acids is 2. The lowest BCUT2D eigenvalue weighted by molar-refractivity contribution is -0.148. The third-order valence-electron chi connectivity index (χ3n) is 5.19. The Balaban J connectivity index is 1.37. The second kappa shape index (κ2) is 8.34. The van der Waals surface area contributed by atoms with E-state index in [1.807, 2.05) is 0 Å². The van der Waals surface area contributed by atoms with Crippen LogP contribution in [0.1, 0.15) is 16.8 Å². The summed E-state index contributed by atoms with van der Waals surface area (Å²) in [6, 6.07) is 4.09. The van der Waals surface area contributed by atoms with Gasteiger partial charge in [-0.05, 0) is 18.2 Å². The smallest absolute Gasteiger partial charge is 0.329 e. The molecule has 0 radical (unpaired) electrons. The molecule has 0 saturated carbocycles. The largest absolute Gasteiger partial charge is 0.463 e. The number of esters is 1. The highest BCUT2D eigenvalue weighted by Gasteiger charge is 2.40. The number of carbonyl (C=O) groups is 2. The Kier molecular flexibility index (Phi) is 5.65. The quantitative estimate of drug-likeness (QED) is 0.692. The number of aliphatic hydroxyl groups excluding tert-OH is 1. The number of aliphatic hydroxyl groups is 1. The van der Waals surface area contributed by atoms with Gasteiger partial charge in [0.2, 0.25) is 6.79 Å². The van der Waals surface area contributed by atoms with Crippen LogP contribution in [0.4, 0.5) is 0 Å². The Bertz CT molecular complexity index is 735. The fraction of sp³-hybridized carbons (Fsp3) is 0.579. The molecule has 0 aliphatic carbocycles. The maximum atomic E-state index is 12.9. The van der Waals surface area contributed by atoms with Gasteiger partial charge < -0.3 is 29.0 Å². The molecule has 4 rings (SSSR count). The van der Waals surface area contributed by atoms with Crippen LogP contribution in [0.2, 0.25) is 0 Å². The van der Waals surface area contributed by atoms with Crippen LogP contribution >= 0.6 is 0 Å². The van der Waals surface area contributed by atoms with Crippen molar-refractivity contribution in [3.63, 3.8) is 0 Å². The molecule has 1 unspecified atom stereocenters. The summed E-state index contributed by atoms with van der Waals surface area (Å²) in [7, 11) is 0. The van der Waals surface area contributed by atoms with Crippen molar-refractivity contribution in [2.45, 2.75) is 18.6 Å². The van der Waals surface area contributed by atoms with Gasteiger partial charge in [0.25, 0.3) is 5.91 Å². The SMILES string of the molecule is O=C(OCCN1CCOCC1)C1C[C@@H](O)CN1C(=O)c1ccc2c(c1)OCO2. The summed E-state index contributed by atoms with van der Waals surface area (Å²) >= 11 is 0. The number of morpholine rings is 1. The maximum Gasteiger partial charge on any atom is 0.329 e. The summed E-state index contributed by atoms with van der Waals surface area (Å²) in [6.45, 7) is 4.08. The average molecular weight is 392 g/mol. The highest BCUT2D eigenvalue weighted by Crippen LogP contribution is 2.33. The minimum atomic E-state index is -0.794. The van der Waals surface area contributed by atoms with Gasteiger partial charge in [0.1, 0.15) is 12.6 Å². The van der Waals surface area contributed by atoms with Gasteiger partial charge in [-0.2, -0.15) is 0 Å². The minimum absolute atomic E-state index is 0.0938. The van der Waals surface area contributed by atoms with E-state index in [9.17, 15) is 14.7 Å². The van der Waals surface area contributed by atoms with Gasteiger partial charge in [0.15, 0.2) is 11.5 Å². The van der Waals surface area contributed by atoms with E-state index in [1.54, 1.807) is 18.2 Å². The molecule has 0 spiro atoms. The molecule has 0 bridgehead atoms. The van der Waals surface area contributed by atoms with E-state index in [2.05, 4.69) is 4.90 Å². The molecule has 3 aliphatic heterocycles. The molecule has 2 fully saturated rings. The highest BCUT2D eigenvalue weighted by atomic mass is 16.7. The Morgan fingerprint density at radius 3 is 2.79 bits per heavy atom. The normalized spacial score (nSPS) is 24.4. The van der Waals surface area contributed by atoms with E-state index in [4.69, 9.17) is 18.9 Å². The van der Waals surface area contributed by atoms with Crippen molar-refractivity contribution in [2.75, 3.05) is 52.8 Å². The van der Waals surface area contributed by atoms with Crippen LogP contribution in [0.15, 0.2) is 18.2 Å². The summed E-state index contributed by atoms with van der Waals surface area (Å²) < 4.78 is 21.3. The van der Waals surface area contributed by atoms with Crippen molar-refractivity contribution >= 4 is 11.9 Å². The number of hydrogen-bond donors (Lipinski definition) is 1. The number of benzene rings is 1. The summed E-state index contributed by atoms with van der Waals surface area (Å²) in [6.07, 6.45) is -0.582. The molecule has 0 aromatic heterocycles. The molecular formula is C19H24N2O7. The van der Waals surface area contributed by atoms with Gasteiger partial charge >= 0.3 is 5.97 Å². The molecule has 2 saturated heterocycles. The van der Waals surface area contributed by atoms with Gasteiger partial charge in [0.05, 0.1) is 19.3 Å². The first-order chi connectivity index (χ1) is 13.6. The molecule has 1 N–H and O–H groups in total. The molecule has 3 heterocycles. The number of hydrogen-bond acceptors (Lipinski definition) is 8. The topological polar surface area (TPSA) is 97.8 Å². The summed E-state index contributed by atoms with van der Waals surface area (Å²) in [5.41, 5.74) is 0.379. The Morgan fingerprint density at radius 2 is 1.96 bits per heavy atom. The Labute approximate surface area is 162 Å². The zero-order valence-corrected chi connectivity index (χ0v) is 15.5. The van der Waals surface area contributed by atoms with Crippen LogP contribution in [0, 0.1) is 0 Å². The van der Waals surface area contributed by atoms with Crippen LogP contribution in [-0.2, 0) is 14.3 Å². The van der Waals surface area contributed by atoms with Gasteiger partial charge in [-0.15, -0.1) is 0 Å². The lowest BCUT2D eigenvalue weighted by Crippen LogP contribution is -2.43. The standard InChI is InChI=1S/C19H24N2O7/c22-14-10-15(19(24)26-8-5-20-3-6-25-7-4-20)21(11-14)18(23)13-1-2-16-17(9-13)28-12-27-16/h1-2,9,14-15,22H,3-8,10-12H2/t14-,15?/m1/s1. The minimum Gasteiger partial charge on any atom is -0.463 e. The van der Waals surface area contributed by atoms with Crippen molar-refractivity contribution in [3.05, 3.63) is 23.8 Å². The average Bonchev–Trinajstić information content (AvgIpc) is 3.34. The molecule has 9 heteroatoms. The zero-order chi connectivity index (χ0) is 19.5. The van der Waals surface area contributed by atoms with Crippen LogP contribution < -0.4 is 9.47 Å². The number of β-amino-alcohol motifs (C(OH)–C–C–N with tert-alkyl or cyclic N) is 1. The van der Waals surface area contributed by atoms with Gasteiger partial charge in [-0.25, -0.2) is 4.79 Å². The summed E-state index contributed by atoms with van der Waals surface area (Å²) in [5.74, 6) is 0.246. The van der Waals surface area contributed by atoms with Crippen molar-refractivity contribution < 1.29 is 33.6 Å². The van der Waals surface area contributed by atoms with Crippen molar-refractivity contribution in [3.8, 4) is 11.5 Å². The Morgan fingerprint density at radius 1 is 1.18 bits per heavy atom. The van der Waals surface area contributed by atoms with E-state index in [0.717, 1.165) is 13.1 Å². The highest BCUT2D eigenvalue weighted by molar-refractivity contribution is 5.97. The Hall–Kier alpha value is -2.36. The molecule has 1 amide bonds. The van der Waals surface area contributed by atoms with Crippen molar-refractivity contribution in [1.82, 2.24) is 9.80 Å². The fourth-order valence-electron chi connectivity index (χ4n) is 3.65. The van der Waals surface area contributed by atoms with Crippen LogP contribution in [-0.4, -0.2) is 91.7 Å². The predicted octanol–water partition coefficient (Wildman–Crippen LogP) is -0.134. The van der Waals surface area contributed by atoms with Gasteiger partial charge in [-0.3, -0.25) is 9.69 Å². The van der Waals surface area contributed by atoms with Crippen LogP contribution in [0.25, 0.3) is 0 Å². The summed E-state index contributed by atoms with van der Waals surface area (Å²) in [4.78, 5) is 29.0. The van der Waals surface area contributed by atoms with Crippen molar-refractivity contribution in [2.24, 2.45) is 0 Å². The number of ether oxygens (including phenoxy) is 4. The van der Waals surface area contributed by atoms with E-state index >= 15 is 0 Å². The van der Waals surface area contributed by atoms with E-state index in [-0.39, 0.29) is 32.3 Å². The van der Waals surface area contributed by atoms with Crippen LogP contribution in [0.5, 0.6) is 11.5 Å². The zero-order valence-electron chi connectivity index (χ0n) is 15.5. The van der Waals surface area contributed by atoms with E-state index in [0.29, 0.717) is 36.8 Å². The number of likely N-dealkylation sites (tertiary alicyclic amines) is 1. The fourth-order valence-corrected chi connectivity index (χ4v) is 3.65. The number of rotatable bonds is 5. The summed E-state index contributed by atoms with van der Waals surface area (Å²) in [5, 5.41) is 10.0. The first kappa shape index (κ1) is 19.0. The van der Waals surface area contributed by atoms with E-state index < -0.39 is 18.1 Å². The van der Waals surface area contributed by atoms with Crippen LogP contribution in [0.3, 0.4) is 0 Å². The lowest BCUT2D eigenvalue weighted by atomic mass is 10.1. The first-order valence-corrected chi connectivity index (χ1v) is 9.47. The third-order valence-corrected chi connectivity index (χ3v) is 5.19. The molecule has 3 aliphatic rings. The lowest BCUT2D eigenvalue weighted by Gasteiger charge is -2.27. The molecule has 28 heavy (non-hydrogen) atoms.